The Morgan fingerprint density at radius 2 is 2.30 bits per heavy atom. The van der Waals surface area contributed by atoms with E-state index in [1.165, 1.54) is 12.1 Å². The third-order valence-electron chi connectivity index (χ3n) is 3.70. The van der Waals surface area contributed by atoms with Gasteiger partial charge in [-0.15, -0.1) is 0 Å². The van der Waals surface area contributed by atoms with Crippen molar-refractivity contribution in [3.8, 4) is 0 Å². The summed E-state index contributed by atoms with van der Waals surface area (Å²) in [7, 11) is 1.78. The fraction of sp³-hybridized carbons (Fsp3) is 0.333. The van der Waals surface area contributed by atoms with Gasteiger partial charge in [0, 0.05) is 19.8 Å². The molecule has 4 nitrogen and oxygen atoms in total. The van der Waals surface area contributed by atoms with Crippen LogP contribution in [-0.4, -0.2) is 27.1 Å². The summed E-state index contributed by atoms with van der Waals surface area (Å²) in [5, 5.41) is 4.03. The second-order valence-electron chi connectivity index (χ2n) is 5.11. The van der Waals surface area contributed by atoms with Crippen molar-refractivity contribution >= 4 is 5.91 Å². The van der Waals surface area contributed by atoms with Gasteiger partial charge in [-0.25, -0.2) is 4.39 Å². The lowest BCUT2D eigenvalue weighted by atomic mass is 10.0. The smallest absolute Gasteiger partial charge is 0.257 e. The molecule has 0 N–H and O–H groups in total. The highest BCUT2D eigenvalue weighted by molar-refractivity contribution is 5.94. The molecule has 1 amide bonds. The van der Waals surface area contributed by atoms with Gasteiger partial charge in [0.2, 0.25) is 0 Å². The van der Waals surface area contributed by atoms with E-state index in [4.69, 9.17) is 0 Å². The second kappa shape index (κ2) is 5.07. The van der Waals surface area contributed by atoms with Crippen molar-refractivity contribution in [1.29, 1.82) is 0 Å². The number of rotatable bonds is 2. The number of hydrogen-bond acceptors (Lipinski definition) is 2. The molecule has 1 saturated heterocycles. The van der Waals surface area contributed by atoms with E-state index >= 15 is 0 Å². The van der Waals surface area contributed by atoms with Gasteiger partial charge in [-0.05, 0) is 30.5 Å². The molecular weight excluding hydrogens is 257 g/mol. The van der Waals surface area contributed by atoms with Crippen LogP contribution >= 0.6 is 0 Å². The molecule has 1 aliphatic rings. The number of aromatic nitrogens is 2. The Balaban J connectivity index is 1.87. The maximum Gasteiger partial charge on any atom is 0.257 e. The van der Waals surface area contributed by atoms with Crippen molar-refractivity contribution in [2.75, 3.05) is 6.54 Å². The molecule has 1 aromatic heterocycles. The molecule has 2 aromatic rings. The van der Waals surface area contributed by atoms with Crippen LogP contribution in [-0.2, 0) is 7.05 Å². The lowest BCUT2D eigenvalue weighted by Crippen LogP contribution is -2.30. The third kappa shape index (κ3) is 2.31. The van der Waals surface area contributed by atoms with Crippen molar-refractivity contribution in [2.45, 2.75) is 18.9 Å². The van der Waals surface area contributed by atoms with E-state index in [-0.39, 0.29) is 17.8 Å². The molecule has 0 unspecified atom stereocenters. The van der Waals surface area contributed by atoms with E-state index in [9.17, 15) is 9.18 Å². The average Bonchev–Trinajstić information content (AvgIpc) is 3.06. The molecule has 104 valence electrons. The van der Waals surface area contributed by atoms with E-state index in [1.54, 1.807) is 30.2 Å². The largest absolute Gasteiger partial charge is 0.332 e. The van der Waals surface area contributed by atoms with Crippen LogP contribution in [0.3, 0.4) is 0 Å². The third-order valence-corrected chi connectivity index (χ3v) is 3.70. The summed E-state index contributed by atoms with van der Waals surface area (Å²) in [5.74, 6) is -0.298. The lowest BCUT2D eigenvalue weighted by molar-refractivity contribution is 0.0735. The number of aryl methyl sites for hydroxylation is 1. The fourth-order valence-corrected chi connectivity index (χ4v) is 2.77. The van der Waals surface area contributed by atoms with Crippen molar-refractivity contribution in [1.82, 2.24) is 14.7 Å². The molecule has 5 heteroatoms. The first-order valence-electron chi connectivity index (χ1n) is 6.70. The van der Waals surface area contributed by atoms with Gasteiger partial charge in [0.05, 0.1) is 17.8 Å². The van der Waals surface area contributed by atoms with Crippen LogP contribution in [0.2, 0.25) is 0 Å². The summed E-state index contributed by atoms with van der Waals surface area (Å²) in [6, 6.07) is 6.46. The zero-order valence-electron chi connectivity index (χ0n) is 11.3. The van der Waals surface area contributed by atoms with E-state index in [0.29, 0.717) is 12.1 Å². The molecular formula is C15H16FN3O. The quantitative estimate of drug-likeness (QED) is 0.843. The van der Waals surface area contributed by atoms with Crippen LogP contribution < -0.4 is 0 Å². The monoisotopic (exact) mass is 273 g/mol. The SMILES string of the molecule is Cn1cc(C(=O)N2CCC[C@H]2c2cccc(F)c2)cn1. The van der Waals surface area contributed by atoms with E-state index in [1.807, 2.05) is 11.0 Å². The Morgan fingerprint density at radius 3 is 3.00 bits per heavy atom. The Hall–Kier alpha value is -2.17. The van der Waals surface area contributed by atoms with Gasteiger partial charge in [-0.2, -0.15) is 5.10 Å². The molecule has 0 spiro atoms. The van der Waals surface area contributed by atoms with Crippen molar-refractivity contribution in [3.63, 3.8) is 0 Å². The minimum Gasteiger partial charge on any atom is -0.332 e. The number of amides is 1. The highest BCUT2D eigenvalue weighted by atomic mass is 19.1. The summed E-state index contributed by atoms with van der Waals surface area (Å²) in [5.41, 5.74) is 1.44. The van der Waals surface area contributed by atoms with E-state index in [2.05, 4.69) is 5.10 Å². The molecule has 1 atom stereocenters. The van der Waals surface area contributed by atoms with E-state index < -0.39 is 0 Å². The zero-order chi connectivity index (χ0) is 14.1. The molecule has 0 aliphatic carbocycles. The number of carbonyl (C=O) groups excluding carboxylic acids is 1. The van der Waals surface area contributed by atoms with Crippen LogP contribution in [0, 0.1) is 5.82 Å². The van der Waals surface area contributed by atoms with Crippen molar-refractivity contribution in [2.24, 2.45) is 7.05 Å². The summed E-state index contributed by atoms with van der Waals surface area (Å²) in [4.78, 5) is 14.3. The van der Waals surface area contributed by atoms with Gasteiger partial charge < -0.3 is 4.90 Å². The molecule has 0 saturated carbocycles. The summed E-state index contributed by atoms with van der Waals surface area (Å²) in [6.45, 7) is 0.703. The maximum atomic E-state index is 13.4. The molecule has 0 bridgehead atoms. The highest BCUT2D eigenvalue weighted by Crippen LogP contribution is 2.33. The number of hydrogen-bond donors (Lipinski definition) is 0. The zero-order valence-corrected chi connectivity index (χ0v) is 11.3. The molecule has 3 rings (SSSR count). The standard InChI is InChI=1S/C15H16FN3O/c1-18-10-12(9-17-18)15(20)19-7-3-6-14(19)11-4-2-5-13(16)8-11/h2,4-5,8-10,14H,3,6-7H2,1H3/t14-/m0/s1. The van der Waals surface area contributed by atoms with Gasteiger partial charge in [0.1, 0.15) is 5.82 Å². The van der Waals surface area contributed by atoms with E-state index in [0.717, 1.165) is 18.4 Å². The highest BCUT2D eigenvalue weighted by Gasteiger charge is 2.31. The van der Waals surface area contributed by atoms with Crippen LogP contribution in [0.15, 0.2) is 36.7 Å². The fourth-order valence-electron chi connectivity index (χ4n) is 2.77. The molecule has 20 heavy (non-hydrogen) atoms. The number of nitrogens with zero attached hydrogens (tertiary/aromatic N) is 3. The Bertz CT molecular complexity index is 638. The van der Waals surface area contributed by atoms with Gasteiger partial charge in [-0.3, -0.25) is 9.48 Å². The lowest BCUT2D eigenvalue weighted by Gasteiger charge is -2.24. The average molecular weight is 273 g/mol. The molecule has 2 heterocycles. The first-order chi connectivity index (χ1) is 9.65. The Kier molecular flexibility index (Phi) is 3.26. The first kappa shape index (κ1) is 12.8. The van der Waals surface area contributed by atoms with Crippen molar-refractivity contribution in [3.05, 3.63) is 53.6 Å². The normalized spacial score (nSPS) is 18.5. The molecule has 1 aliphatic heterocycles. The summed E-state index contributed by atoms with van der Waals surface area (Å²) >= 11 is 0. The number of halogens is 1. The summed E-state index contributed by atoms with van der Waals surface area (Å²) in [6.07, 6.45) is 5.09. The van der Waals surface area contributed by atoms with Gasteiger partial charge in [-0.1, -0.05) is 12.1 Å². The first-order valence-corrected chi connectivity index (χ1v) is 6.70. The van der Waals surface area contributed by atoms with Gasteiger partial charge in [0.25, 0.3) is 5.91 Å². The van der Waals surface area contributed by atoms with Crippen LogP contribution in [0.4, 0.5) is 4.39 Å². The second-order valence-corrected chi connectivity index (χ2v) is 5.11. The number of benzene rings is 1. The molecule has 1 fully saturated rings. The Labute approximate surface area is 116 Å². The van der Waals surface area contributed by atoms with Gasteiger partial charge >= 0.3 is 0 Å². The molecule has 0 radical (unpaired) electrons. The predicted molar refractivity (Wildman–Crippen MR) is 72.6 cm³/mol. The summed E-state index contributed by atoms with van der Waals surface area (Å²) < 4.78 is 15.0. The van der Waals surface area contributed by atoms with Crippen molar-refractivity contribution < 1.29 is 9.18 Å². The van der Waals surface area contributed by atoms with Crippen LogP contribution in [0.25, 0.3) is 0 Å². The number of carbonyl (C=O) groups is 1. The van der Waals surface area contributed by atoms with Crippen LogP contribution in [0.1, 0.15) is 34.8 Å². The molecule has 1 aromatic carbocycles. The topological polar surface area (TPSA) is 38.1 Å². The van der Waals surface area contributed by atoms with Gasteiger partial charge in [0.15, 0.2) is 0 Å². The number of likely N-dealkylation sites (tertiary alicyclic amines) is 1. The Morgan fingerprint density at radius 1 is 1.45 bits per heavy atom. The maximum absolute atomic E-state index is 13.4. The minimum absolute atomic E-state index is 0.0372. The van der Waals surface area contributed by atoms with Crippen LogP contribution in [0.5, 0.6) is 0 Å². The minimum atomic E-state index is -0.261. The predicted octanol–water partition coefficient (Wildman–Crippen LogP) is 2.54.